The van der Waals surface area contributed by atoms with Crippen LogP contribution in [0.1, 0.15) is 28.3 Å². The van der Waals surface area contributed by atoms with Gasteiger partial charge in [0, 0.05) is 12.0 Å². The second-order valence-electron chi connectivity index (χ2n) is 4.26. The molecule has 1 nitrogen and oxygen atoms in total. The first kappa shape index (κ1) is 13.0. The monoisotopic (exact) mass is 252 g/mol. The summed E-state index contributed by atoms with van der Waals surface area (Å²) in [5.41, 5.74) is 1.43. The van der Waals surface area contributed by atoms with Gasteiger partial charge in [-0.2, -0.15) is 0 Å². The lowest BCUT2D eigenvalue weighted by molar-refractivity contribution is 0.0979. The van der Waals surface area contributed by atoms with Crippen LogP contribution >= 0.6 is 0 Å². The molecule has 0 aromatic heterocycles. The Morgan fingerprint density at radius 3 is 2.32 bits per heavy atom. The fourth-order valence-corrected chi connectivity index (χ4v) is 1.90. The highest BCUT2D eigenvalue weighted by Gasteiger charge is 2.15. The van der Waals surface area contributed by atoms with Crippen LogP contribution in [0.25, 0.3) is 0 Å². The molecular formula is C17H13FO. The van der Waals surface area contributed by atoms with E-state index in [1.165, 1.54) is 12.1 Å². The lowest BCUT2D eigenvalue weighted by atomic mass is 9.92. The van der Waals surface area contributed by atoms with Gasteiger partial charge >= 0.3 is 0 Å². The Morgan fingerprint density at radius 2 is 1.74 bits per heavy atom. The Bertz CT molecular complexity index is 593. The van der Waals surface area contributed by atoms with Crippen molar-refractivity contribution in [2.45, 2.75) is 12.3 Å². The quantitative estimate of drug-likeness (QED) is 0.597. The van der Waals surface area contributed by atoms with Crippen molar-refractivity contribution in [2.24, 2.45) is 0 Å². The van der Waals surface area contributed by atoms with E-state index in [9.17, 15) is 9.18 Å². The first-order valence-corrected chi connectivity index (χ1v) is 6.00. The van der Waals surface area contributed by atoms with Crippen LogP contribution in [-0.2, 0) is 0 Å². The average molecular weight is 252 g/mol. The van der Waals surface area contributed by atoms with Crippen LogP contribution in [-0.4, -0.2) is 5.78 Å². The number of ketones is 1. The number of carbonyl (C=O) groups excluding carboxylic acids is 1. The molecule has 2 aromatic rings. The minimum Gasteiger partial charge on any atom is -0.294 e. The van der Waals surface area contributed by atoms with Gasteiger partial charge < -0.3 is 0 Å². The Balaban J connectivity index is 2.14. The first-order valence-electron chi connectivity index (χ1n) is 6.00. The van der Waals surface area contributed by atoms with Crippen LogP contribution in [0.15, 0.2) is 54.6 Å². The van der Waals surface area contributed by atoms with E-state index in [1.54, 1.807) is 24.3 Å². The summed E-state index contributed by atoms with van der Waals surface area (Å²) in [5, 5.41) is 0. The second-order valence-corrected chi connectivity index (χ2v) is 4.26. The topological polar surface area (TPSA) is 17.1 Å². The van der Waals surface area contributed by atoms with E-state index in [-0.39, 0.29) is 23.9 Å². The van der Waals surface area contributed by atoms with Crippen molar-refractivity contribution < 1.29 is 9.18 Å². The molecule has 0 aliphatic heterocycles. The van der Waals surface area contributed by atoms with E-state index < -0.39 is 0 Å². The Kier molecular flexibility index (Phi) is 4.10. The van der Waals surface area contributed by atoms with Crippen LogP contribution in [0.3, 0.4) is 0 Å². The van der Waals surface area contributed by atoms with Crippen LogP contribution in [0, 0.1) is 18.2 Å². The molecule has 0 heterocycles. The standard InChI is InChI=1S/C17H13FO/c1-2-13(14-8-10-16(18)11-9-14)12-17(19)15-6-4-3-5-7-15/h1,3-11,13H,12H2. The van der Waals surface area contributed by atoms with E-state index in [0.717, 1.165) is 5.56 Å². The van der Waals surface area contributed by atoms with Gasteiger partial charge in [0.2, 0.25) is 0 Å². The predicted octanol–water partition coefficient (Wildman–Crippen LogP) is 3.82. The van der Waals surface area contributed by atoms with E-state index in [1.807, 2.05) is 18.2 Å². The summed E-state index contributed by atoms with van der Waals surface area (Å²) in [4.78, 5) is 12.1. The minimum absolute atomic E-state index is 0.00660. The first-order chi connectivity index (χ1) is 9.20. The number of Topliss-reactive ketones (excluding diaryl/α,β-unsaturated/α-hetero) is 1. The van der Waals surface area contributed by atoms with Crippen molar-refractivity contribution in [3.63, 3.8) is 0 Å². The second kappa shape index (κ2) is 5.97. The zero-order chi connectivity index (χ0) is 13.7. The fourth-order valence-electron chi connectivity index (χ4n) is 1.90. The maximum atomic E-state index is 12.9. The van der Waals surface area contributed by atoms with Gasteiger partial charge in [-0.05, 0) is 17.7 Å². The number of hydrogen-bond acceptors (Lipinski definition) is 1. The molecule has 0 bridgehead atoms. The van der Waals surface area contributed by atoms with Gasteiger partial charge in [0.1, 0.15) is 5.82 Å². The van der Waals surface area contributed by atoms with Gasteiger partial charge in [-0.3, -0.25) is 4.79 Å². The van der Waals surface area contributed by atoms with Gasteiger partial charge in [-0.25, -0.2) is 4.39 Å². The molecule has 94 valence electrons. The van der Waals surface area contributed by atoms with Gasteiger partial charge in [0.05, 0.1) is 5.92 Å². The number of terminal acetylenes is 1. The van der Waals surface area contributed by atoms with Gasteiger partial charge in [0.15, 0.2) is 5.78 Å². The zero-order valence-electron chi connectivity index (χ0n) is 10.3. The van der Waals surface area contributed by atoms with Gasteiger partial charge in [-0.1, -0.05) is 48.4 Å². The molecule has 0 fully saturated rings. The molecule has 2 rings (SSSR count). The van der Waals surface area contributed by atoms with Gasteiger partial charge in [-0.15, -0.1) is 6.42 Å². The molecule has 1 unspecified atom stereocenters. The summed E-state index contributed by atoms with van der Waals surface area (Å²) >= 11 is 0. The molecule has 2 heteroatoms. The molecule has 0 amide bonds. The van der Waals surface area contributed by atoms with Crippen molar-refractivity contribution in [1.29, 1.82) is 0 Å². The number of rotatable bonds is 4. The van der Waals surface area contributed by atoms with E-state index >= 15 is 0 Å². The van der Waals surface area contributed by atoms with Crippen molar-refractivity contribution in [2.75, 3.05) is 0 Å². The summed E-state index contributed by atoms with van der Waals surface area (Å²) in [5.74, 6) is 1.95. The summed E-state index contributed by atoms with van der Waals surface area (Å²) < 4.78 is 12.9. The Morgan fingerprint density at radius 1 is 1.11 bits per heavy atom. The lowest BCUT2D eigenvalue weighted by Crippen LogP contribution is -2.06. The highest BCUT2D eigenvalue weighted by molar-refractivity contribution is 5.96. The molecule has 0 aliphatic carbocycles. The van der Waals surface area contributed by atoms with E-state index in [0.29, 0.717) is 5.56 Å². The molecule has 1 atom stereocenters. The van der Waals surface area contributed by atoms with Crippen molar-refractivity contribution in [3.8, 4) is 12.3 Å². The Hall–Kier alpha value is -2.40. The van der Waals surface area contributed by atoms with Gasteiger partial charge in [0.25, 0.3) is 0 Å². The normalized spacial score (nSPS) is 11.6. The lowest BCUT2D eigenvalue weighted by Gasteiger charge is -2.10. The molecule has 2 aromatic carbocycles. The molecule has 0 saturated heterocycles. The third-order valence-electron chi connectivity index (χ3n) is 2.96. The molecule has 0 saturated carbocycles. The largest absolute Gasteiger partial charge is 0.294 e. The predicted molar refractivity (Wildman–Crippen MR) is 73.4 cm³/mol. The van der Waals surface area contributed by atoms with Crippen LogP contribution < -0.4 is 0 Å². The average Bonchev–Trinajstić information content (AvgIpc) is 2.46. The third-order valence-corrected chi connectivity index (χ3v) is 2.96. The molecule has 0 aliphatic rings. The molecule has 0 spiro atoms. The fraction of sp³-hybridized carbons (Fsp3) is 0.118. The maximum Gasteiger partial charge on any atom is 0.164 e. The summed E-state index contributed by atoms with van der Waals surface area (Å²) in [6, 6.07) is 15.0. The summed E-state index contributed by atoms with van der Waals surface area (Å²) in [6.45, 7) is 0. The van der Waals surface area contributed by atoms with Crippen molar-refractivity contribution >= 4 is 5.78 Å². The SMILES string of the molecule is C#CC(CC(=O)c1ccccc1)c1ccc(F)cc1. The minimum atomic E-state index is -0.326. The number of halogens is 1. The Labute approximate surface area is 112 Å². The van der Waals surface area contributed by atoms with Crippen LogP contribution in [0.2, 0.25) is 0 Å². The highest BCUT2D eigenvalue weighted by atomic mass is 19.1. The number of benzene rings is 2. The number of carbonyl (C=O) groups is 1. The zero-order valence-corrected chi connectivity index (χ0v) is 10.3. The number of hydrogen-bond donors (Lipinski definition) is 0. The smallest absolute Gasteiger partial charge is 0.164 e. The van der Waals surface area contributed by atoms with Crippen molar-refractivity contribution in [3.05, 3.63) is 71.5 Å². The molecule has 19 heavy (non-hydrogen) atoms. The van der Waals surface area contributed by atoms with E-state index in [4.69, 9.17) is 6.42 Å². The van der Waals surface area contributed by atoms with Crippen molar-refractivity contribution in [1.82, 2.24) is 0 Å². The van der Waals surface area contributed by atoms with E-state index in [2.05, 4.69) is 5.92 Å². The molecule has 0 radical (unpaired) electrons. The molecular weight excluding hydrogens is 239 g/mol. The summed E-state index contributed by atoms with van der Waals surface area (Å²) in [7, 11) is 0. The maximum absolute atomic E-state index is 12.9. The highest BCUT2D eigenvalue weighted by Crippen LogP contribution is 2.21. The molecule has 0 N–H and O–H groups in total. The summed E-state index contributed by atoms with van der Waals surface area (Å²) in [6.07, 6.45) is 5.70. The van der Waals surface area contributed by atoms with Crippen LogP contribution in [0.5, 0.6) is 0 Å². The van der Waals surface area contributed by atoms with Crippen LogP contribution in [0.4, 0.5) is 4.39 Å². The third kappa shape index (κ3) is 3.29.